The summed E-state index contributed by atoms with van der Waals surface area (Å²) in [5, 5.41) is 3.67. The number of rotatable bonds is 13. The largest absolute Gasteiger partial charge is 0.377 e. The summed E-state index contributed by atoms with van der Waals surface area (Å²) in [5.41, 5.74) is 0.164. The lowest BCUT2D eigenvalue weighted by Crippen LogP contribution is -2.56. The van der Waals surface area contributed by atoms with Gasteiger partial charge in [-0.3, -0.25) is 0 Å². The zero-order valence-corrected chi connectivity index (χ0v) is 14.2. The second kappa shape index (κ2) is 10.6. The molecule has 0 spiro atoms. The molecule has 1 saturated carbocycles. The summed E-state index contributed by atoms with van der Waals surface area (Å²) in [6, 6.07) is 0.575. The first-order valence-corrected chi connectivity index (χ1v) is 9.07. The molecule has 0 radical (unpaired) electrons. The van der Waals surface area contributed by atoms with Crippen LogP contribution in [-0.2, 0) is 4.74 Å². The van der Waals surface area contributed by atoms with Crippen molar-refractivity contribution < 1.29 is 4.74 Å². The van der Waals surface area contributed by atoms with Crippen LogP contribution in [0.15, 0.2) is 0 Å². The molecule has 0 amide bonds. The fraction of sp³-hybridized carbons (Fsp3) is 1.00. The molecule has 1 unspecified atom stereocenters. The van der Waals surface area contributed by atoms with Gasteiger partial charge >= 0.3 is 0 Å². The number of methoxy groups -OCH3 is 1. The highest BCUT2D eigenvalue weighted by atomic mass is 16.5. The molecule has 120 valence electrons. The van der Waals surface area contributed by atoms with Crippen LogP contribution in [-0.4, -0.2) is 25.3 Å². The van der Waals surface area contributed by atoms with Crippen LogP contribution in [0.4, 0.5) is 0 Å². The Morgan fingerprint density at radius 3 is 2.00 bits per heavy atom. The third-order valence-corrected chi connectivity index (χ3v) is 5.04. The van der Waals surface area contributed by atoms with E-state index in [0.29, 0.717) is 6.04 Å². The van der Waals surface area contributed by atoms with Crippen molar-refractivity contribution in [3.8, 4) is 0 Å². The second-order valence-electron chi connectivity index (χ2n) is 6.50. The first-order chi connectivity index (χ1) is 9.79. The van der Waals surface area contributed by atoms with Crippen LogP contribution in [0.2, 0.25) is 0 Å². The molecule has 0 aliphatic heterocycles. The van der Waals surface area contributed by atoms with Gasteiger partial charge in [-0.15, -0.1) is 0 Å². The van der Waals surface area contributed by atoms with Gasteiger partial charge in [0.1, 0.15) is 0 Å². The fourth-order valence-corrected chi connectivity index (χ4v) is 3.50. The highest BCUT2D eigenvalue weighted by molar-refractivity contribution is 4.99. The highest BCUT2D eigenvalue weighted by Crippen LogP contribution is 2.39. The summed E-state index contributed by atoms with van der Waals surface area (Å²) in [6.45, 7) is 5.56. The number of ether oxygens (including phenoxy) is 1. The summed E-state index contributed by atoms with van der Waals surface area (Å²) in [7, 11) is 1.90. The lowest BCUT2D eigenvalue weighted by molar-refractivity contribution is -0.1000. The molecule has 0 aromatic carbocycles. The minimum Gasteiger partial charge on any atom is -0.377 e. The van der Waals surface area contributed by atoms with Crippen LogP contribution in [0, 0.1) is 0 Å². The Balaban J connectivity index is 2.10. The number of likely N-dealkylation sites (N-methyl/N-ethyl adjacent to an activating group) is 1. The molecule has 0 bridgehead atoms. The SMILES string of the molecule is CCCCCCCCCCC(NCC)C1(OC)CCC1. The van der Waals surface area contributed by atoms with Gasteiger partial charge in [0.25, 0.3) is 0 Å². The smallest absolute Gasteiger partial charge is 0.0831 e. The summed E-state index contributed by atoms with van der Waals surface area (Å²) in [4.78, 5) is 0. The molecule has 1 aliphatic rings. The molecule has 0 aromatic rings. The topological polar surface area (TPSA) is 21.3 Å². The van der Waals surface area contributed by atoms with E-state index in [-0.39, 0.29) is 5.60 Å². The van der Waals surface area contributed by atoms with Crippen LogP contribution >= 0.6 is 0 Å². The second-order valence-corrected chi connectivity index (χ2v) is 6.50. The van der Waals surface area contributed by atoms with Crippen LogP contribution in [0.5, 0.6) is 0 Å². The molecular formula is C18H37NO. The van der Waals surface area contributed by atoms with Crippen molar-refractivity contribution in [3.63, 3.8) is 0 Å². The minimum atomic E-state index is 0.164. The summed E-state index contributed by atoms with van der Waals surface area (Å²) < 4.78 is 5.85. The Labute approximate surface area is 127 Å². The van der Waals surface area contributed by atoms with Gasteiger partial charge < -0.3 is 10.1 Å². The average molecular weight is 284 g/mol. The van der Waals surface area contributed by atoms with E-state index in [2.05, 4.69) is 19.2 Å². The maximum atomic E-state index is 5.85. The lowest BCUT2D eigenvalue weighted by atomic mass is 9.73. The highest BCUT2D eigenvalue weighted by Gasteiger charge is 2.43. The molecule has 1 rings (SSSR count). The van der Waals surface area contributed by atoms with Crippen molar-refractivity contribution in [1.29, 1.82) is 0 Å². The van der Waals surface area contributed by atoms with Gasteiger partial charge in [0.15, 0.2) is 0 Å². The van der Waals surface area contributed by atoms with Gasteiger partial charge in [-0.1, -0.05) is 65.2 Å². The monoisotopic (exact) mass is 283 g/mol. The molecular weight excluding hydrogens is 246 g/mol. The number of hydrogen-bond acceptors (Lipinski definition) is 2. The van der Waals surface area contributed by atoms with Crippen LogP contribution < -0.4 is 5.32 Å². The van der Waals surface area contributed by atoms with Gasteiger partial charge in [-0.05, 0) is 32.2 Å². The molecule has 1 N–H and O–H groups in total. The molecule has 1 fully saturated rings. The molecule has 0 saturated heterocycles. The van der Waals surface area contributed by atoms with E-state index in [4.69, 9.17) is 4.74 Å². The molecule has 20 heavy (non-hydrogen) atoms. The molecule has 0 heterocycles. The van der Waals surface area contributed by atoms with Crippen LogP contribution in [0.1, 0.15) is 90.9 Å². The molecule has 2 nitrogen and oxygen atoms in total. The molecule has 0 aromatic heterocycles. The van der Waals surface area contributed by atoms with Gasteiger partial charge in [0, 0.05) is 13.2 Å². The van der Waals surface area contributed by atoms with Crippen molar-refractivity contribution in [2.45, 2.75) is 103 Å². The lowest BCUT2D eigenvalue weighted by Gasteiger charge is -2.47. The van der Waals surface area contributed by atoms with Crippen LogP contribution in [0.25, 0.3) is 0 Å². The van der Waals surface area contributed by atoms with Crippen LogP contribution in [0.3, 0.4) is 0 Å². The quantitative estimate of drug-likeness (QED) is 0.477. The number of hydrogen-bond donors (Lipinski definition) is 1. The zero-order chi connectivity index (χ0) is 14.7. The van der Waals surface area contributed by atoms with E-state index in [1.165, 1.54) is 77.0 Å². The summed E-state index contributed by atoms with van der Waals surface area (Å²) >= 11 is 0. The van der Waals surface area contributed by atoms with E-state index in [1.54, 1.807) is 0 Å². The predicted molar refractivity (Wildman–Crippen MR) is 88.3 cm³/mol. The van der Waals surface area contributed by atoms with Gasteiger partial charge in [0.05, 0.1) is 5.60 Å². The Bertz CT molecular complexity index is 220. The van der Waals surface area contributed by atoms with Crippen molar-refractivity contribution >= 4 is 0 Å². The van der Waals surface area contributed by atoms with Crippen molar-refractivity contribution in [1.82, 2.24) is 5.32 Å². The van der Waals surface area contributed by atoms with E-state index in [0.717, 1.165) is 6.54 Å². The third-order valence-electron chi connectivity index (χ3n) is 5.04. The van der Waals surface area contributed by atoms with E-state index in [9.17, 15) is 0 Å². The average Bonchev–Trinajstić information content (AvgIpc) is 2.41. The molecule has 1 atom stereocenters. The van der Waals surface area contributed by atoms with E-state index >= 15 is 0 Å². The molecule has 2 heteroatoms. The number of unbranched alkanes of at least 4 members (excludes halogenated alkanes) is 7. The summed E-state index contributed by atoms with van der Waals surface area (Å²) in [6.07, 6.45) is 16.4. The Kier molecular flexibility index (Phi) is 9.54. The fourth-order valence-electron chi connectivity index (χ4n) is 3.50. The summed E-state index contributed by atoms with van der Waals surface area (Å²) in [5.74, 6) is 0. The predicted octanol–water partition coefficient (Wildman–Crippen LogP) is 5.06. The first-order valence-electron chi connectivity index (χ1n) is 9.07. The zero-order valence-electron chi connectivity index (χ0n) is 14.2. The Morgan fingerprint density at radius 1 is 0.950 bits per heavy atom. The standard InChI is InChI=1S/C18H37NO/c1-4-6-7-8-9-10-11-12-14-17(19-5-2)18(20-3)15-13-16-18/h17,19H,4-16H2,1-3H3. The molecule has 1 aliphatic carbocycles. The third kappa shape index (κ3) is 5.73. The van der Waals surface area contributed by atoms with Crippen molar-refractivity contribution in [2.75, 3.05) is 13.7 Å². The van der Waals surface area contributed by atoms with Crippen molar-refractivity contribution in [3.05, 3.63) is 0 Å². The number of nitrogens with one attached hydrogen (secondary N) is 1. The van der Waals surface area contributed by atoms with E-state index < -0.39 is 0 Å². The normalized spacial score (nSPS) is 18.8. The minimum absolute atomic E-state index is 0.164. The van der Waals surface area contributed by atoms with Gasteiger partial charge in [0.2, 0.25) is 0 Å². The van der Waals surface area contributed by atoms with Gasteiger partial charge in [-0.2, -0.15) is 0 Å². The Morgan fingerprint density at radius 2 is 1.55 bits per heavy atom. The maximum absolute atomic E-state index is 5.85. The maximum Gasteiger partial charge on any atom is 0.0831 e. The van der Waals surface area contributed by atoms with Gasteiger partial charge in [-0.25, -0.2) is 0 Å². The van der Waals surface area contributed by atoms with Crippen molar-refractivity contribution in [2.24, 2.45) is 0 Å². The first kappa shape index (κ1) is 18.0. The Hall–Kier alpha value is -0.0800. The van der Waals surface area contributed by atoms with E-state index in [1.807, 2.05) is 7.11 Å².